The number of amides is 1. The lowest BCUT2D eigenvalue weighted by Crippen LogP contribution is -2.31. The molecule has 0 aliphatic rings. The molecular formula is C15H15NO4S. The minimum absolute atomic E-state index is 0.0384. The van der Waals surface area contributed by atoms with Gasteiger partial charge < -0.3 is 4.74 Å². The lowest BCUT2D eigenvalue weighted by atomic mass is 10.1. The summed E-state index contributed by atoms with van der Waals surface area (Å²) in [6.45, 7) is 0. The first kappa shape index (κ1) is 15.1. The molecule has 110 valence electrons. The van der Waals surface area contributed by atoms with E-state index in [1.54, 1.807) is 42.5 Å². The first-order chi connectivity index (χ1) is 10.0. The quantitative estimate of drug-likeness (QED) is 0.913. The van der Waals surface area contributed by atoms with Crippen molar-refractivity contribution < 1.29 is 17.9 Å². The van der Waals surface area contributed by atoms with E-state index >= 15 is 0 Å². The van der Waals surface area contributed by atoms with Gasteiger partial charge in [-0.05, 0) is 29.8 Å². The van der Waals surface area contributed by atoms with Crippen molar-refractivity contribution in [3.05, 3.63) is 60.2 Å². The van der Waals surface area contributed by atoms with Crippen LogP contribution in [0.5, 0.6) is 5.75 Å². The van der Waals surface area contributed by atoms with Gasteiger partial charge in [0.1, 0.15) is 5.75 Å². The number of sulfonamides is 1. The molecule has 0 bridgehead atoms. The van der Waals surface area contributed by atoms with Crippen LogP contribution in [0.2, 0.25) is 0 Å². The van der Waals surface area contributed by atoms with Crippen molar-refractivity contribution in [2.24, 2.45) is 0 Å². The molecule has 0 atom stereocenters. The second kappa shape index (κ2) is 6.41. The van der Waals surface area contributed by atoms with Crippen LogP contribution in [0.1, 0.15) is 5.56 Å². The zero-order valence-electron chi connectivity index (χ0n) is 11.4. The molecule has 0 unspecified atom stereocenters. The standard InChI is InChI=1S/C15H15NO4S/c1-20-13-7-5-6-12(10-13)11-15(17)16-21(18,19)14-8-3-2-4-9-14/h2-10H,11H2,1H3,(H,16,17). The van der Waals surface area contributed by atoms with E-state index < -0.39 is 15.9 Å². The van der Waals surface area contributed by atoms with Crippen LogP contribution in [0.3, 0.4) is 0 Å². The van der Waals surface area contributed by atoms with Gasteiger partial charge in [-0.2, -0.15) is 0 Å². The van der Waals surface area contributed by atoms with E-state index in [4.69, 9.17) is 4.74 Å². The molecule has 2 aromatic carbocycles. The minimum atomic E-state index is -3.83. The Morgan fingerprint density at radius 1 is 1.10 bits per heavy atom. The third-order valence-corrected chi connectivity index (χ3v) is 4.19. The van der Waals surface area contributed by atoms with Gasteiger partial charge in [-0.1, -0.05) is 30.3 Å². The zero-order chi connectivity index (χ0) is 15.3. The average molecular weight is 305 g/mol. The predicted octanol–water partition coefficient (Wildman–Crippen LogP) is 1.74. The number of nitrogens with one attached hydrogen (secondary N) is 1. The van der Waals surface area contributed by atoms with Crippen molar-refractivity contribution in [2.45, 2.75) is 11.3 Å². The lowest BCUT2D eigenvalue weighted by Gasteiger charge is -2.07. The molecule has 0 aromatic heterocycles. The summed E-state index contributed by atoms with van der Waals surface area (Å²) < 4.78 is 31.1. The normalized spacial score (nSPS) is 10.9. The maximum atomic E-state index is 12.0. The van der Waals surface area contributed by atoms with Crippen LogP contribution in [0, 0.1) is 0 Å². The maximum Gasteiger partial charge on any atom is 0.264 e. The first-order valence-electron chi connectivity index (χ1n) is 6.25. The van der Waals surface area contributed by atoms with Crippen molar-refractivity contribution in [2.75, 3.05) is 7.11 Å². The molecule has 0 saturated carbocycles. The van der Waals surface area contributed by atoms with Gasteiger partial charge in [0.15, 0.2) is 0 Å². The van der Waals surface area contributed by atoms with Crippen molar-refractivity contribution in [1.29, 1.82) is 0 Å². The Morgan fingerprint density at radius 2 is 1.81 bits per heavy atom. The van der Waals surface area contributed by atoms with Gasteiger partial charge in [0, 0.05) is 0 Å². The van der Waals surface area contributed by atoms with E-state index in [-0.39, 0.29) is 11.3 Å². The molecule has 1 N–H and O–H groups in total. The highest BCUT2D eigenvalue weighted by molar-refractivity contribution is 7.90. The molecule has 0 aliphatic carbocycles. The molecule has 0 spiro atoms. The maximum absolute atomic E-state index is 12.0. The molecule has 2 aromatic rings. The number of benzene rings is 2. The molecule has 6 heteroatoms. The van der Waals surface area contributed by atoms with Gasteiger partial charge in [-0.3, -0.25) is 4.79 Å². The molecule has 5 nitrogen and oxygen atoms in total. The molecule has 2 rings (SSSR count). The Kier molecular flexibility index (Phi) is 4.59. The van der Waals surface area contributed by atoms with Gasteiger partial charge in [0.05, 0.1) is 18.4 Å². The van der Waals surface area contributed by atoms with Crippen LogP contribution in [0.4, 0.5) is 0 Å². The van der Waals surface area contributed by atoms with E-state index in [9.17, 15) is 13.2 Å². The monoisotopic (exact) mass is 305 g/mol. The van der Waals surface area contributed by atoms with Crippen LogP contribution >= 0.6 is 0 Å². The minimum Gasteiger partial charge on any atom is -0.497 e. The largest absolute Gasteiger partial charge is 0.497 e. The summed E-state index contributed by atoms with van der Waals surface area (Å²) in [6, 6.07) is 14.7. The molecular weight excluding hydrogens is 290 g/mol. The highest BCUT2D eigenvalue weighted by atomic mass is 32.2. The topological polar surface area (TPSA) is 72.5 Å². The fourth-order valence-corrected chi connectivity index (χ4v) is 2.82. The smallest absolute Gasteiger partial charge is 0.264 e. The Bertz CT molecular complexity index is 726. The number of hydrogen-bond acceptors (Lipinski definition) is 4. The van der Waals surface area contributed by atoms with E-state index in [2.05, 4.69) is 4.72 Å². The van der Waals surface area contributed by atoms with Crippen molar-refractivity contribution in [1.82, 2.24) is 4.72 Å². The highest BCUT2D eigenvalue weighted by Crippen LogP contribution is 2.13. The first-order valence-corrected chi connectivity index (χ1v) is 7.73. The second-order valence-corrected chi connectivity index (χ2v) is 6.05. The van der Waals surface area contributed by atoms with E-state index in [1.807, 2.05) is 0 Å². The van der Waals surface area contributed by atoms with Crippen molar-refractivity contribution in [3.8, 4) is 5.75 Å². The fraction of sp³-hybridized carbons (Fsp3) is 0.133. The second-order valence-electron chi connectivity index (χ2n) is 4.37. The van der Waals surface area contributed by atoms with Crippen LogP contribution < -0.4 is 9.46 Å². The Morgan fingerprint density at radius 3 is 2.48 bits per heavy atom. The molecule has 0 heterocycles. The molecule has 1 amide bonds. The van der Waals surface area contributed by atoms with Crippen LogP contribution in [0.15, 0.2) is 59.5 Å². The Balaban J connectivity index is 2.08. The van der Waals surface area contributed by atoms with Gasteiger partial charge in [0.2, 0.25) is 5.91 Å². The third-order valence-electron chi connectivity index (χ3n) is 2.80. The number of hydrogen-bond donors (Lipinski definition) is 1. The van der Waals surface area contributed by atoms with E-state index in [0.29, 0.717) is 11.3 Å². The summed E-state index contributed by atoms with van der Waals surface area (Å²) in [7, 11) is -2.30. The Hall–Kier alpha value is -2.34. The van der Waals surface area contributed by atoms with Crippen LogP contribution in [0.25, 0.3) is 0 Å². The Labute approximate surface area is 123 Å². The molecule has 0 fully saturated rings. The molecule has 21 heavy (non-hydrogen) atoms. The van der Waals surface area contributed by atoms with E-state index in [0.717, 1.165) is 0 Å². The summed E-state index contributed by atoms with van der Waals surface area (Å²) in [5.74, 6) is 0.0262. The summed E-state index contributed by atoms with van der Waals surface area (Å²) >= 11 is 0. The fourth-order valence-electron chi connectivity index (χ4n) is 1.81. The average Bonchev–Trinajstić information content (AvgIpc) is 2.47. The molecule has 0 aliphatic heterocycles. The summed E-state index contributed by atoms with van der Waals surface area (Å²) in [6.07, 6.45) is -0.0384. The van der Waals surface area contributed by atoms with E-state index in [1.165, 1.54) is 19.2 Å². The lowest BCUT2D eigenvalue weighted by molar-refractivity contribution is -0.118. The third kappa shape index (κ3) is 4.06. The van der Waals surface area contributed by atoms with Crippen molar-refractivity contribution >= 4 is 15.9 Å². The SMILES string of the molecule is COc1cccc(CC(=O)NS(=O)(=O)c2ccccc2)c1. The summed E-state index contributed by atoms with van der Waals surface area (Å²) in [5, 5.41) is 0. The number of rotatable bonds is 5. The zero-order valence-corrected chi connectivity index (χ0v) is 12.3. The number of carbonyl (C=O) groups is 1. The predicted molar refractivity (Wildman–Crippen MR) is 78.5 cm³/mol. The molecule has 0 saturated heterocycles. The van der Waals surface area contributed by atoms with Crippen LogP contribution in [-0.2, 0) is 21.2 Å². The van der Waals surface area contributed by atoms with Crippen LogP contribution in [-0.4, -0.2) is 21.4 Å². The number of ether oxygens (including phenoxy) is 1. The van der Waals surface area contributed by atoms with Gasteiger partial charge in [-0.15, -0.1) is 0 Å². The van der Waals surface area contributed by atoms with Gasteiger partial charge in [-0.25, -0.2) is 13.1 Å². The van der Waals surface area contributed by atoms with Gasteiger partial charge in [0.25, 0.3) is 10.0 Å². The highest BCUT2D eigenvalue weighted by Gasteiger charge is 2.17. The molecule has 0 radical (unpaired) electrons. The summed E-state index contributed by atoms with van der Waals surface area (Å²) in [4.78, 5) is 11.9. The number of methoxy groups -OCH3 is 1. The van der Waals surface area contributed by atoms with Crippen molar-refractivity contribution in [3.63, 3.8) is 0 Å². The number of carbonyl (C=O) groups excluding carboxylic acids is 1. The van der Waals surface area contributed by atoms with Gasteiger partial charge >= 0.3 is 0 Å². The summed E-state index contributed by atoms with van der Waals surface area (Å²) in [5.41, 5.74) is 0.676.